The minimum Gasteiger partial charge on any atom is -0.361 e. The van der Waals surface area contributed by atoms with Gasteiger partial charge in [0.1, 0.15) is 17.1 Å². The number of likely N-dealkylation sites (tertiary alicyclic amines) is 1. The molecule has 1 fully saturated rings. The van der Waals surface area contributed by atoms with Gasteiger partial charge in [0, 0.05) is 25.3 Å². The standard InChI is InChI=1S/C18H21FN4O3/c1-12-16(11-21-26-12)17(24)20-10-13-6-8-23(9-7-13)18(25)22-15-4-2-14(19)3-5-15/h2-5,11,13H,6-10H2,1H3,(H,20,24)(H,22,25). The van der Waals surface area contributed by atoms with E-state index in [4.69, 9.17) is 4.52 Å². The molecular formula is C18H21FN4O3. The van der Waals surface area contributed by atoms with E-state index in [1.165, 1.54) is 30.5 Å². The largest absolute Gasteiger partial charge is 0.361 e. The molecule has 7 nitrogen and oxygen atoms in total. The Kier molecular flexibility index (Phi) is 5.50. The number of benzene rings is 1. The highest BCUT2D eigenvalue weighted by atomic mass is 19.1. The van der Waals surface area contributed by atoms with Crippen LogP contribution in [0.3, 0.4) is 0 Å². The fourth-order valence-electron chi connectivity index (χ4n) is 2.92. The van der Waals surface area contributed by atoms with Gasteiger partial charge < -0.3 is 20.1 Å². The maximum absolute atomic E-state index is 12.9. The second kappa shape index (κ2) is 7.99. The molecule has 0 spiro atoms. The number of piperidine rings is 1. The number of aryl methyl sites for hydroxylation is 1. The summed E-state index contributed by atoms with van der Waals surface area (Å²) >= 11 is 0. The molecule has 0 aliphatic carbocycles. The highest BCUT2D eigenvalue weighted by Crippen LogP contribution is 2.18. The summed E-state index contributed by atoms with van der Waals surface area (Å²) < 4.78 is 17.8. The molecule has 2 N–H and O–H groups in total. The summed E-state index contributed by atoms with van der Waals surface area (Å²) in [6.07, 6.45) is 3.02. The number of hydrogen-bond donors (Lipinski definition) is 2. The maximum Gasteiger partial charge on any atom is 0.321 e. The van der Waals surface area contributed by atoms with Crippen molar-refractivity contribution < 1.29 is 18.5 Å². The Morgan fingerprint density at radius 2 is 1.96 bits per heavy atom. The molecule has 3 rings (SSSR count). The summed E-state index contributed by atoms with van der Waals surface area (Å²) in [4.78, 5) is 26.0. The molecular weight excluding hydrogens is 339 g/mol. The van der Waals surface area contributed by atoms with Gasteiger partial charge in [-0.15, -0.1) is 0 Å². The smallest absolute Gasteiger partial charge is 0.321 e. The summed E-state index contributed by atoms with van der Waals surface area (Å²) in [5, 5.41) is 9.25. The number of carbonyl (C=O) groups is 2. The van der Waals surface area contributed by atoms with E-state index >= 15 is 0 Å². The predicted octanol–water partition coefficient (Wildman–Crippen LogP) is 2.80. The van der Waals surface area contributed by atoms with Gasteiger partial charge in [-0.05, 0) is 49.9 Å². The van der Waals surface area contributed by atoms with Crippen molar-refractivity contribution in [2.45, 2.75) is 19.8 Å². The maximum atomic E-state index is 12.9. The molecule has 0 unspecified atom stereocenters. The molecule has 2 heterocycles. The molecule has 2 aromatic rings. The summed E-state index contributed by atoms with van der Waals surface area (Å²) in [5.41, 5.74) is 1.01. The molecule has 1 aromatic carbocycles. The topological polar surface area (TPSA) is 87.5 Å². The second-order valence-corrected chi connectivity index (χ2v) is 6.37. The van der Waals surface area contributed by atoms with E-state index in [1.54, 1.807) is 11.8 Å². The van der Waals surface area contributed by atoms with Crippen LogP contribution >= 0.6 is 0 Å². The van der Waals surface area contributed by atoms with Crippen molar-refractivity contribution in [2.24, 2.45) is 5.92 Å². The Bertz CT molecular complexity index is 767. The number of hydrogen-bond acceptors (Lipinski definition) is 4. The van der Waals surface area contributed by atoms with Gasteiger partial charge in [0.2, 0.25) is 0 Å². The zero-order valence-electron chi connectivity index (χ0n) is 14.5. The van der Waals surface area contributed by atoms with Crippen molar-refractivity contribution in [2.75, 3.05) is 25.0 Å². The van der Waals surface area contributed by atoms with Gasteiger partial charge >= 0.3 is 6.03 Å². The quantitative estimate of drug-likeness (QED) is 0.878. The third-order valence-corrected chi connectivity index (χ3v) is 4.54. The van der Waals surface area contributed by atoms with Crippen molar-refractivity contribution in [1.82, 2.24) is 15.4 Å². The molecule has 1 aromatic heterocycles. The molecule has 138 valence electrons. The van der Waals surface area contributed by atoms with Crippen LogP contribution in [0, 0.1) is 18.7 Å². The number of halogens is 1. The SMILES string of the molecule is Cc1oncc1C(=O)NCC1CCN(C(=O)Nc2ccc(F)cc2)CC1. The molecule has 1 saturated heterocycles. The minimum absolute atomic E-state index is 0.194. The fraction of sp³-hybridized carbons (Fsp3) is 0.389. The number of aromatic nitrogens is 1. The first-order valence-corrected chi connectivity index (χ1v) is 8.54. The van der Waals surface area contributed by atoms with Gasteiger partial charge in [-0.3, -0.25) is 4.79 Å². The first kappa shape index (κ1) is 17.9. The summed E-state index contributed by atoms with van der Waals surface area (Å²) in [6, 6.07) is 5.48. The van der Waals surface area contributed by atoms with E-state index in [0.717, 1.165) is 12.8 Å². The van der Waals surface area contributed by atoms with E-state index in [0.29, 0.717) is 42.6 Å². The van der Waals surface area contributed by atoms with Crippen molar-refractivity contribution >= 4 is 17.6 Å². The molecule has 3 amide bonds. The van der Waals surface area contributed by atoms with E-state index in [-0.39, 0.29) is 17.8 Å². The van der Waals surface area contributed by atoms with Crippen LogP contribution < -0.4 is 10.6 Å². The highest BCUT2D eigenvalue weighted by Gasteiger charge is 2.23. The Morgan fingerprint density at radius 3 is 2.58 bits per heavy atom. The van der Waals surface area contributed by atoms with Crippen molar-refractivity contribution in [3.63, 3.8) is 0 Å². The zero-order valence-corrected chi connectivity index (χ0v) is 14.5. The Balaban J connectivity index is 1.42. The highest BCUT2D eigenvalue weighted by molar-refractivity contribution is 5.94. The van der Waals surface area contributed by atoms with Crippen LogP contribution in [0.2, 0.25) is 0 Å². The number of anilines is 1. The van der Waals surface area contributed by atoms with Crippen LogP contribution in [-0.2, 0) is 0 Å². The molecule has 1 aliphatic rings. The summed E-state index contributed by atoms with van der Waals surface area (Å²) in [5.74, 6) is 0.274. The third kappa shape index (κ3) is 4.38. The molecule has 8 heteroatoms. The lowest BCUT2D eigenvalue weighted by Crippen LogP contribution is -2.43. The predicted molar refractivity (Wildman–Crippen MR) is 93.3 cm³/mol. The molecule has 1 aliphatic heterocycles. The number of rotatable bonds is 4. The zero-order chi connectivity index (χ0) is 18.5. The number of nitrogens with zero attached hydrogens (tertiary/aromatic N) is 2. The van der Waals surface area contributed by atoms with E-state index in [2.05, 4.69) is 15.8 Å². The van der Waals surface area contributed by atoms with Crippen molar-refractivity contribution in [1.29, 1.82) is 0 Å². The Morgan fingerprint density at radius 1 is 1.27 bits per heavy atom. The summed E-state index contributed by atoms with van der Waals surface area (Å²) in [6.45, 7) is 3.47. The molecule has 0 atom stereocenters. The number of urea groups is 1. The van der Waals surface area contributed by atoms with Crippen LogP contribution in [-0.4, -0.2) is 41.6 Å². The minimum atomic E-state index is -0.341. The number of nitrogens with one attached hydrogen (secondary N) is 2. The first-order chi connectivity index (χ1) is 12.5. The number of amides is 3. The molecule has 0 radical (unpaired) electrons. The van der Waals surface area contributed by atoms with Gasteiger partial charge in [-0.1, -0.05) is 5.16 Å². The van der Waals surface area contributed by atoms with Gasteiger partial charge in [-0.25, -0.2) is 9.18 Å². The van der Waals surface area contributed by atoms with Crippen LogP contribution in [0.15, 0.2) is 35.0 Å². The van der Waals surface area contributed by atoms with Crippen LogP contribution in [0.1, 0.15) is 29.0 Å². The van der Waals surface area contributed by atoms with Crippen LogP contribution in [0.4, 0.5) is 14.9 Å². The summed E-state index contributed by atoms with van der Waals surface area (Å²) in [7, 11) is 0. The van der Waals surface area contributed by atoms with Gasteiger partial charge in [0.05, 0.1) is 6.20 Å². The van der Waals surface area contributed by atoms with Crippen molar-refractivity contribution in [3.8, 4) is 0 Å². The third-order valence-electron chi connectivity index (χ3n) is 4.54. The lowest BCUT2D eigenvalue weighted by molar-refractivity contribution is 0.0937. The van der Waals surface area contributed by atoms with E-state index < -0.39 is 0 Å². The normalized spacial score (nSPS) is 14.9. The van der Waals surface area contributed by atoms with Gasteiger partial charge in [-0.2, -0.15) is 0 Å². The second-order valence-electron chi connectivity index (χ2n) is 6.37. The average molecular weight is 360 g/mol. The van der Waals surface area contributed by atoms with Crippen LogP contribution in [0.25, 0.3) is 0 Å². The molecule has 26 heavy (non-hydrogen) atoms. The van der Waals surface area contributed by atoms with E-state index in [1.807, 2.05) is 0 Å². The fourth-order valence-corrected chi connectivity index (χ4v) is 2.92. The van der Waals surface area contributed by atoms with Gasteiger partial charge in [0.25, 0.3) is 5.91 Å². The Labute approximate surface area is 150 Å². The van der Waals surface area contributed by atoms with Crippen LogP contribution in [0.5, 0.6) is 0 Å². The number of carbonyl (C=O) groups excluding carboxylic acids is 2. The monoisotopic (exact) mass is 360 g/mol. The lowest BCUT2D eigenvalue weighted by Gasteiger charge is -2.32. The first-order valence-electron chi connectivity index (χ1n) is 8.54. The molecule has 0 saturated carbocycles. The van der Waals surface area contributed by atoms with E-state index in [9.17, 15) is 14.0 Å². The van der Waals surface area contributed by atoms with Crippen molar-refractivity contribution in [3.05, 3.63) is 47.6 Å². The molecule has 0 bridgehead atoms. The van der Waals surface area contributed by atoms with Gasteiger partial charge in [0.15, 0.2) is 0 Å². The Hall–Kier alpha value is -2.90. The lowest BCUT2D eigenvalue weighted by atomic mass is 9.97. The average Bonchev–Trinajstić information content (AvgIpc) is 3.08.